The fraction of sp³-hybridized carbons (Fsp3) is 0.846. The first kappa shape index (κ1) is 16.9. The molecule has 18 heavy (non-hydrogen) atoms. The van der Waals surface area contributed by atoms with Gasteiger partial charge in [0.25, 0.3) is 0 Å². The Hall–Kier alpha value is -1.10. The fourth-order valence-corrected chi connectivity index (χ4v) is 1.67. The summed E-state index contributed by atoms with van der Waals surface area (Å²) in [5, 5.41) is 11.3. The van der Waals surface area contributed by atoms with E-state index in [2.05, 4.69) is 12.2 Å². The van der Waals surface area contributed by atoms with E-state index >= 15 is 0 Å². The number of carbonyl (C=O) groups is 2. The average Bonchev–Trinajstić information content (AvgIpc) is 2.33. The molecule has 106 valence electrons. The van der Waals surface area contributed by atoms with E-state index in [0.717, 1.165) is 19.3 Å². The molecule has 0 aromatic heterocycles. The molecule has 5 heteroatoms. The van der Waals surface area contributed by atoms with Gasteiger partial charge in [0.15, 0.2) is 6.04 Å². The molecule has 5 nitrogen and oxygen atoms in total. The number of hydrogen-bond acceptors (Lipinski definition) is 3. The Morgan fingerprint density at radius 1 is 1.17 bits per heavy atom. The Labute approximate surface area is 109 Å². The second-order valence-electron chi connectivity index (χ2n) is 4.43. The molecular formula is C13H25NO4. The summed E-state index contributed by atoms with van der Waals surface area (Å²) in [4.78, 5) is 22.3. The molecule has 0 rings (SSSR count). The van der Waals surface area contributed by atoms with Crippen molar-refractivity contribution >= 4 is 11.9 Å². The number of aliphatic carboxylic acids is 1. The van der Waals surface area contributed by atoms with Gasteiger partial charge in [0.1, 0.15) is 0 Å². The number of unbranched alkanes of at least 4 members (excludes halogenated alkanes) is 5. The minimum absolute atomic E-state index is 0.00241. The van der Waals surface area contributed by atoms with Crippen LogP contribution in [0.15, 0.2) is 0 Å². The second-order valence-corrected chi connectivity index (χ2v) is 4.43. The van der Waals surface area contributed by atoms with Crippen molar-refractivity contribution in [3.63, 3.8) is 0 Å². The predicted molar refractivity (Wildman–Crippen MR) is 69.4 cm³/mol. The van der Waals surface area contributed by atoms with Crippen molar-refractivity contribution in [3.8, 4) is 0 Å². The minimum Gasteiger partial charge on any atom is -0.480 e. The van der Waals surface area contributed by atoms with E-state index < -0.39 is 12.0 Å². The van der Waals surface area contributed by atoms with E-state index in [9.17, 15) is 9.59 Å². The molecule has 0 saturated heterocycles. The van der Waals surface area contributed by atoms with Crippen LogP contribution < -0.4 is 5.32 Å². The molecule has 0 fully saturated rings. The number of methoxy groups -OCH3 is 1. The maximum absolute atomic E-state index is 11.5. The Kier molecular flexibility index (Phi) is 10.3. The van der Waals surface area contributed by atoms with Gasteiger partial charge < -0.3 is 15.2 Å². The lowest BCUT2D eigenvalue weighted by molar-refractivity contribution is -0.143. The zero-order chi connectivity index (χ0) is 13.8. The summed E-state index contributed by atoms with van der Waals surface area (Å²) >= 11 is 0. The topological polar surface area (TPSA) is 75.6 Å². The van der Waals surface area contributed by atoms with Crippen LogP contribution in [0.4, 0.5) is 0 Å². The van der Waals surface area contributed by atoms with Crippen molar-refractivity contribution in [2.24, 2.45) is 0 Å². The van der Waals surface area contributed by atoms with Crippen LogP contribution in [0.5, 0.6) is 0 Å². The molecule has 1 amide bonds. The monoisotopic (exact) mass is 259 g/mol. The quantitative estimate of drug-likeness (QED) is 0.556. The van der Waals surface area contributed by atoms with Gasteiger partial charge in [-0.1, -0.05) is 39.0 Å². The van der Waals surface area contributed by atoms with Crippen molar-refractivity contribution in [1.82, 2.24) is 5.32 Å². The maximum atomic E-state index is 11.5. The first-order chi connectivity index (χ1) is 8.61. The molecule has 1 unspecified atom stereocenters. The van der Waals surface area contributed by atoms with Gasteiger partial charge in [-0.05, 0) is 6.42 Å². The van der Waals surface area contributed by atoms with Crippen LogP contribution in [0.1, 0.15) is 51.9 Å². The number of carbonyl (C=O) groups excluding carboxylic acids is 1. The van der Waals surface area contributed by atoms with Gasteiger partial charge >= 0.3 is 5.97 Å². The van der Waals surface area contributed by atoms with Crippen molar-refractivity contribution in [3.05, 3.63) is 0 Å². The van der Waals surface area contributed by atoms with Crippen molar-refractivity contribution < 1.29 is 19.4 Å². The molecule has 1 atom stereocenters. The molecule has 0 heterocycles. The van der Waals surface area contributed by atoms with Crippen LogP contribution >= 0.6 is 0 Å². The summed E-state index contributed by atoms with van der Waals surface area (Å²) < 4.78 is 4.74. The lowest BCUT2D eigenvalue weighted by Gasteiger charge is -2.13. The summed E-state index contributed by atoms with van der Waals surface area (Å²) in [6.45, 7) is 2.16. The van der Waals surface area contributed by atoms with Crippen LogP contribution in [0, 0.1) is 0 Å². The largest absolute Gasteiger partial charge is 0.480 e. The SMILES string of the molecule is CCCCCCCCC(=O)NC(COC)C(=O)O. The third kappa shape index (κ3) is 8.98. The highest BCUT2D eigenvalue weighted by molar-refractivity contribution is 5.83. The lowest BCUT2D eigenvalue weighted by Crippen LogP contribution is -2.43. The van der Waals surface area contributed by atoms with Crippen LogP contribution in [-0.4, -0.2) is 36.7 Å². The molecule has 0 aliphatic rings. The van der Waals surface area contributed by atoms with Gasteiger partial charge in [-0.2, -0.15) is 0 Å². The molecule has 0 aliphatic carbocycles. The molecule has 0 aromatic rings. The number of hydrogen-bond donors (Lipinski definition) is 2. The normalized spacial score (nSPS) is 12.1. The van der Waals surface area contributed by atoms with E-state index in [4.69, 9.17) is 9.84 Å². The van der Waals surface area contributed by atoms with E-state index in [1.807, 2.05) is 0 Å². The molecule has 0 spiro atoms. The molecule has 0 saturated carbocycles. The van der Waals surface area contributed by atoms with Gasteiger partial charge in [-0.15, -0.1) is 0 Å². The maximum Gasteiger partial charge on any atom is 0.328 e. The molecule has 0 bridgehead atoms. The van der Waals surface area contributed by atoms with Gasteiger partial charge in [-0.25, -0.2) is 4.79 Å². The molecule has 0 aromatic carbocycles. The van der Waals surface area contributed by atoms with E-state index in [0.29, 0.717) is 6.42 Å². The molecule has 2 N–H and O–H groups in total. The highest BCUT2D eigenvalue weighted by Crippen LogP contribution is 2.06. The summed E-state index contributed by atoms with van der Waals surface area (Å²) in [5.41, 5.74) is 0. The number of nitrogens with one attached hydrogen (secondary N) is 1. The molecule has 0 radical (unpaired) electrons. The van der Waals surface area contributed by atoms with Crippen LogP contribution in [0.3, 0.4) is 0 Å². The van der Waals surface area contributed by atoms with Crippen LogP contribution in [0.2, 0.25) is 0 Å². The van der Waals surface area contributed by atoms with Crippen molar-refractivity contribution in [2.45, 2.75) is 57.9 Å². The summed E-state index contributed by atoms with van der Waals surface area (Å²) in [5.74, 6) is -1.27. The number of carboxylic acids is 1. The zero-order valence-corrected chi connectivity index (χ0v) is 11.4. The highest BCUT2D eigenvalue weighted by atomic mass is 16.5. The van der Waals surface area contributed by atoms with Crippen molar-refractivity contribution in [1.29, 1.82) is 0 Å². The number of carboxylic acid groups (broad SMARTS) is 1. The smallest absolute Gasteiger partial charge is 0.328 e. The van der Waals surface area contributed by atoms with Gasteiger partial charge in [0.2, 0.25) is 5.91 Å². The lowest BCUT2D eigenvalue weighted by atomic mass is 10.1. The number of ether oxygens (including phenoxy) is 1. The van der Waals surface area contributed by atoms with Gasteiger partial charge in [0.05, 0.1) is 6.61 Å². The summed E-state index contributed by atoms with van der Waals surface area (Å²) in [6, 6.07) is -0.942. The Morgan fingerprint density at radius 3 is 2.33 bits per heavy atom. The Morgan fingerprint density at radius 2 is 1.78 bits per heavy atom. The Balaban J connectivity index is 3.65. The third-order valence-electron chi connectivity index (χ3n) is 2.72. The van der Waals surface area contributed by atoms with E-state index in [1.165, 1.54) is 26.4 Å². The van der Waals surface area contributed by atoms with Gasteiger partial charge in [0, 0.05) is 13.5 Å². The summed E-state index contributed by atoms with van der Waals surface area (Å²) in [6.07, 6.45) is 7.02. The first-order valence-corrected chi connectivity index (χ1v) is 6.63. The summed E-state index contributed by atoms with van der Waals surface area (Å²) in [7, 11) is 1.41. The standard InChI is InChI=1S/C13H25NO4/c1-3-4-5-6-7-8-9-12(15)14-11(10-18-2)13(16)17/h11H,3-10H2,1-2H3,(H,14,15)(H,16,17). The predicted octanol–water partition coefficient (Wildman–Crippen LogP) is 1.95. The van der Waals surface area contributed by atoms with E-state index in [-0.39, 0.29) is 12.5 Å². The third-order valence-corrected chi connectivity index (χ3v) is 2.72. The minimum atomic E-state index is -1.06. The molecular weight excluding hydrogens is 234 g/mol. The zero-order valence-electron chi connectivity index (χ0n) is 11.4. The molecule has 0 aliphatic heterocycles. The van der Waals surface area contributed by atoms with Crippen LogP contribution in [0.25, 0.3) is 0 Å². The highest BCUT2D eigenvalue weighted by Gasteiger charge is 2.18. The van der Waals surface area contributed by atoms with Crippen molar-refractivity contribution in [2.75, 3.05) is 13.7 Å². The van der Waals surface area contributed by atoms with Crippen LogP contribution in [-0.2, 0) is 14.3 Å². The first-order valence-electron chi connectivity index (χ1n) is 6.63. The van der Waals surface area contributed by atoms with E-state index in [1.54, 1.807) is 0 Å². The average molecular weight is 259 g/mol. The van der Waals surface area contributed by atoms with Gasteiger partial charge in [-0.3, -0.25) is 4.79 Å². The Bertz CT molecular complexity index is 243. The number of amides is 1. The fourth-order valence-electron chi connectivity index (χ4n) is 1.67. The second kappa shape index (κ2) is 11.0. The number of rotatable bonds is 11.